The van der Waals surface area contributed by atoms with Crippen LogP contribution in [0, 0.1) is 6.92 Å². The number of carbonyl (C=O) groups excluding carboxylic acids is 1. The van der Waals surface area contributed by atoms with Crippen LogP contribution in [0.2, 0.25) is 0 Å². The Labute approximate surface area is 103 Å². The maximum absolute atomic E-state index is 11.9. The summed E-state index contributed by atoms with van der Waals surface area (Å²) in [5, 5.41) is 0. The second-order valence-corrected chi connectivity index (χ2v) is 4.34. The third-order valence-corrected chi connectivity index (χ3v) is 2.59. The molecule has 17 heavy (non-hydrogen) atoms. The predicted molar refractivity (Wildman–Crippen MR) is 69.7 cm³/mol. The van der Waals surface area contributed by atoms with E-state index in [-0.39, 0.29) is 5.91 Å². The third kappa shape index (κ3) is 3.46. The molecule has 0 saturated heterocycles. The number of likely N-dealkylation sites (N-methyl/N-ethyl adjacent to an activating group) is 2. The number of anilines is 1. The highest BCUT2D eigenvalue weighted by molar-refractivity contribution is 5.95. The first-order valence-electron chi connectivity index (χ1n) is 5.51. The monoisotopic (exact) mass is 236 g/mol. The zero-order chi connectivity index (χ0) is 13.0. The molecule has 0 N–H and O–H groups in total. The Balaban J connectivity index is 2.88. The Morgan fingerprint density at radius 2 is 1.94 bits per heavy atom. The number of rotatable bonds is 4. The molecule has 0 spiro atoms. The lowest BCUT2D eigenvalue weighted by Gasteiger charge is -2.21. The maximum Gasteiger partial charge on any atom is 0.240 e. The quantitative estimate of drug-likeness (QED) is 0.794. The van der Waals surface area contributed by atoms with Crippen LogP contribution in [0.5, 0.6) is 5.75 Å². The first-order valence-corrected chi connectivity index (χ1v) is 5.51. The molecule has 0 saturated carbocycles. The van der Waals surface area contributed by atoms with Crippen LogP contribution in [0.25, 0.3) is 0 Å². The number of hydrogen-bond donors (Lipinski definition) is 0. The predicted octanol–water partition coefficient (Wildman–Crippen LogP) is 1.53. The lowest BCUT2D eigenvalue weighted by molar-refractivity contribution is -0.118. The van der Waals surface area contributed by atoms with Crippen molar-refractivity contribution < 1.29 is 9.53 Å². The van der Waals surface area contributed by atoms with E-state index in [1.807, 2.05) is 44.1 Å². The summed E-state index contributed by atoms with van der Waals surface area (Å²) in [7, 11) is 7.19. The Morgan fingerprint density at radius 1 is 1.29 bits per heavy atom. The van der Waals surface area contributed by atoms with E-state index in [4.69, 9.17) is 4.74 Å². The van der Waals surface area contributed by atoms with E-state index in [2.05, 4.69) is 0 Å². The van der Waals surface area contributed by atoms with Gasteiger partial charge in [0.1, 0.15) is 5.75 Å². The molecule has 1 rings (SSSR count). The minimum atomic E-state index is 0.0725. The van der Waals surface area contributed by atoms with Crippen LogP contribution >= 0.6 is 0 Å². The average molecular weight is 236 g/mol. The number of benzene rings is 1. The number of ether oxygens (including phenoxy) is 1. The zero-order valence-corrected chi connectivity index (χ0v) is 11.2. The van der Waals surface area contributed by atoms with Gasteiger partial charge < -0.3 is 14.5 Å². The van der Waals surface area contributed by atoms with Crippen molar-refractivity contribution in [2.45, 2.75) is 6.92 Å². The number of aryl methyl sites for hydroxylation is 1. The lowest BCUT2D eigenvalue weighted by atomic mass is 10.1. The summed E-state index contributed by atoms with van der Waals surface area (Å²) in [5.41, 5.74) is 1.94. The van der Waals surface area contributed by atoms with Crippen molar-refractivity contribution in [1.82, 2.24) is 4.90 Å². The number of hydrogen-bond acceptors (Lipinski definition) is 3. The molecule has 94 valence electrons. The number of methoxy groups -OCH3 is 1. The molecule has 0 fully saturated rings. The highest BCUT2D eigenvalue weighted by atomic mass is 16.5. The topological polar surface area (TPSA) is 32.8 Å². The van der Waals surface area contributed by atoms with Gasteiger partial charge in [-0.2, -0.15) is 0 Å². The molecule has 1 amide bonds. The molecule has 0 bridgehead atoms. The van der Waals surface area contributed by atoms with Gasteiger partial charge in [-0.3, -0.25) is 4.79 Å². The van der Waals surface area contributed by atoms with E-state index in [1.54, 1.807) is 19.1 Å². The molecule has 4 heteroatoms. The second-order valence-electron chi connectivity index (χ2n) is 4.34. The van der Waals surface area contributed by atoms with Gasteiger partial charge in [0.25, 0.3) is 0 Å². The number of nitrogens with zero attached hydrogens (tertiary/aromatic N) is 2. The van der Waals surface area contributed by atoms with Crippen LogP contribution in [0.3, 0.4) is 0 Å². The van der Waals surface area contributed by atoms with Gasteiger partial charge >= 0.3 is 0 Å². The lowest BCUT2D eigenvalue weighted by Crippen LogP contribution is -2.35. The first-order chi connectivity index (χ1) is 7.95. The molecule has 0 aromatic heterocycles. The van der Waals surface area contributed by atoms with Crippen molar-refractivity contribution in [3.63, 3.8) is 0 Å². The molecule has 4 nitrogen and oxygen atoms in total. The van der Waals surface area contributed by atoms with Crippen LogP contribution in [0.15, 0.2) is 18.2 Å². The summed E-state index contributed by atoms with van der Waals surface area (Å²) in [6.45, 7) is 2.37. The fraction of sp³-hybridized carbons (Fsp3) is 0.462. The molecule has 0 aliphatic rings. The SMILES string of the molecule is COc1ccc(N(C)C(=O)CN(C)C)c(C)c1. The van der Waals surface area contributed by atoms with Crippen LogP contribution in [0.4, 0.5) is 5.69 Å². The van der Waals surface area contributed by atoms with Crippen molar-refractivity contribution in [1.29, 1.82) is 0 Å². The van der Waals surface area contributed by atoms with E-state index in [1.165, 1.54) is 0 Å². The summed E-state index contributed by atoms with van der Waals surface area (Å²) in [6, 6.07) is 5.69. The van der Waals surface area contributed by atoms with Gasteiger partial charge in [0, 0.05) is 12.7 Å². The van der Waals surface area contributed by atoms with Gasteiger partial charge in [0.2, 0.25) is 5.91 Å². The Hall–Kier alpha value is -1.55. The van der Waals surface area contributed by atoms with Gasteiger partial charge in [-0.25, -0.2) is 0 Å². The average Bonchev–Trinajstić information content (AvgIpc) is 2.27. The fourth-order valence-corrected chi connectivity index (χ4v) is 1.64. The van der Waals surface area contributed by atoms with Gasteiger partial charge in [-0.1, -0.05) is 0 Å². The van der Waals surface area contributed by atoms with Crippen molar-refractivity contribution in [2.75, 3.05) is 39.7 Å². The Morgan fingerprint density at radius 3 is 2.41 bits per heavy atom. The molecule has 0 aliphatic carbocycles. The van der Waals surface area contributed by atoms with E-state index in [0.29, 0.717) is 6.54 Å². The molecular formula is C13H20N2O2. The summed E-state index contributed by atoms with van der Waals surface area (Å²) >= 11 is 0. The van der Waals surface area contributed by atoms with Crippen LogP contribution in [0.1, 0.15) is 5.56 Å². The van der Waals surface area contributed by atoms with Crippen LogP contribution < -0.4 is 9.64 Å². The fourth-order valence-electron chi connectivity index (χ4n) is 1.64. The highest BCUT2D eigenvalue weighted by Gasteiger charge is 2.13. The van der Waals surface area contributed by atoms with Crippen LogP contribution in [-0.2, 0) is 4.79 Å². The second kappa shape index (κ2) is 5.68. The number of carbonyl (C=O) groups is 1. The van der Waals surface area contributed by atoms with Crippen LogP contribution in [-0.4, -0.2) is 45.6 Å². The molecule has 0 unspecified atom stereocenters. The third-order valence-electron chi connectivity index (χ3n) is 2.59. The largest absolute Gasteiger partial charge is 0.497 e. The molecule has 1 aromatic carbocycles. The Kier molecular flexibility index (Phi) is 4.52. The summed E-state index contributed by atoms with van der Waals surface area (Å²) in [4.78, 5) is 15.4. The van der Waals surface area contributed by atoms with E-state index in [0.717, 1.165) is 17.0 Å². The van der Waals surface area contributed by atoms with Crippen molar-refractivity contribution in [3.8, 4) is 5.75 Å². The highest BCUT2D eigenvalue weighted by Crippen LogP contribution is 2.23. The molecule has 0 radical (unpaired) electrons. The normalized spacial score (nSPS) is 10.5. The molecule has 0 heterocycles. The maximum atomic E-state index is 11.9. The van der Waals surface area contributed by atoms with Crippen molar-refractivity contribution >= 4 is 11.6 Å². The van der Waals surface area contributed by atoms with Gasteiger partial charge in [0.15, 0.2) is 0 Å². The minimum Gasteiger partial charge on any atom is -0.497 e. The van der Waals surface area contributed by atoms with Gasteiger partial charge in [0.05, 0.1) is 13.7 Å². The first kappa shape index (κ1) is 13.5. The van der Waals surface area contributed by atoms with Gasteiger partial charge in [-0.05, 0) is 44.8 Å². The van der Waals surface area contributed by atoms with Gasteiger partial charge in [-0.15, -0.1) is 0 Å². The Bertz CT molecular complexity index is 402. The molecule has 0 aliphatic heterocycles. The van der Waals surface area contributed by atoms with Crippen molar-refractivity contribution in [3.05, 3.63) is 23.8 Å². The van der Waals surface area contributed by atoms with E-state index in [9.17, 15) is 4.79 Å². The molecular weight excluding hydrogens is 216 g/mol. The molecule has 0 atom stereocenters. The van der Waals surface area contributed by atoms with Crippen molar-refractivity contribution in [2.24, 2.45) is 0 Å². The smallest absolute Gasteiger partial charge is 0.240 e. The standard InChI is InChI=1S/C13H20N2O2/c1-10-8-11(17-5)6-7-12(10)15(4)13(16)9-14(2)3/h6-8H,9H2,1-5H3. The summed E-state index contributed by atoms with van der Waals surface area (Å²) in [5.74, 6) is 0.878. The van der Waals surface area contributed by atoms with E-state index >= 15 is 0 Å². The van der Waals surface area contributed by atoms with E-state index < -0.39 is 0 Å². The molecule has 1 aromatic rings. The summed E-state index contributed by atoms with van der Waals surface area (Å²) < 4.78 is 5.14. The summed E-state index contributed by atoms with van der Waals surface area (Å²) in [6.07, 6.45) is 0. The minimum absolute atomic E-state index is 0.0725. The zero-order valence-electron chi connectivity index (χ0n) is 11.2. The number of amides is 1.